The van der Waals surface area contributed by atoms with E-state index in [2.05, 4.69) is 4.98 Å². The average Bonchev–Trinajstić information content (AvgIpc) is 2.91. The van der Waals surface area contributed by atoms with Crippen molar-refractivity contribution >= 4 is 17.6 Å². The van der Waals surface area contributed by atoms with Gasteiger partial charge >= 0.3 is 5.97 Å². The zero-order chi connectivity index (χ0) is 15.4. The fourth-order valence-corrected chi connectivity index (χ4v) is 2.07. The summed E-state index contributed by atoms with van der Waals surface area (Å²) in [5.41, 5.74) is 1.19. The second kappa shape index (κ2) is 6.63. The first kappa shape index (κ1) is 15.4. The van der Waals surface area contributed by atoms with Crippen molar-refractivity contribution in [3.63, 3.8) is 0 Å². The number of ether oxygens (including phenoxy) is 2. The molecule has 2 rings (SSSR count). The first-order valence-corrected chi connectivity index (χ1v) is 6.99. The molecule has 0 amide bonds. The lowest BCUT2D eigenvalue weighted by molar-refractivity contribution is 0.0489. The zero-order valence-corrected chi connectivity index (χ0v) is 12.9. The molecule has 0 atom stereocenters. The highest BCUT2D eigenvalue weighted by Gasteiger charge is 2.22. The number of aromatic nitrogens is 1. The van der Waals surface area contributed by atoms with Crippen molar-refractivity contribution in [3.8, 4) is 17.2 Å². The van der Waals surface area contributed by atoms with Crippen LogP contribution in [-0.2, 0) is 11.2 Å². The summed E-state index contributed by atoms with van der Waals surface area (Å²) < 4.78 is 15.8. The van der Waals surface area contributed by atoms with E-state index >= 15 is 0 Å². The molecule has 1 aromatic heterocycles. The van der Waals surface area contributed by atoms with E-state index in [-0.39, 0.29) is 12.4 Å². The number of oxazole rings is 1. The molecule has 0 saturated heterocycles. The molecule has 0 aliphatic heterocycles. The van der Waals surface area contributed by atoms with Crippen molar-refractivity contribution in [2.75, 3.05) is 13.7 Å². The van der Waals surface area contributed by atoms with Crippen LogP contribution in [0, 0.1) is 0 Å². The van der Waals surface area contributed by atoms with Crippen LogP contribution in [0.4, 0.5) is 0 Å². The van der Waals surface area contributed by atoms with Crippen LogP contribution in [0.5, 0.6) is 5.75 Å². The number of carbonyl (C=O) groups is 1. The van der Waals surface area contributed by atoms with E-state index in [1.165, 1.54) is 7.11 Å². The van der Waals surface area contributed by atoms with Crippen LogP contribution in [0.2, 0.25) is 5.02 Å². The number of halogens is 1. The Morgan fingerprint density at radius 1 is 1.38 bits per heavy atom. The third kappa shape index (κ3) is 3.19. The van der Waals surface area contributed by atoms with Crippen LogP contribution >= 0.6 is 11.6 Å². The largest absolute Gasteiger partial charge is 0.496 e. The quantitative estimate of drug-likeness (QED) is 0.787. The number of methoxy groups -OCH3 is 1. The number of esters is 1. The minimum atomic E-state index is -0.513. The number of rotatable bonds is 5. The second-order valence-electron chi connectivity index (χ2n) is 4.21. The van der Waals surface area contributed by atoms with Gasteiger partial charge in [-0.05, 0) is 31.5 Å². The van der Waals surface area contributed by atoms with Gasteiger partial charge in [0.25, 0.3) is 0 Å². The van der Waals surface area contributed by atoms with Crippen molar-refractivity contribution in [3.05, 3.63) is 34.7 Å². The Hall–Kier alpha value is -2.01. The Morgan fingerprint density at radius 3 is 2.76 bits per heavy atom. The summed E-state index contributed by atoms with van der Waals surface area (Å²) in [7, 11) is 1.53. The molecule has 0 fully saturated rings. The summed E-state index contributed by atoms with van der Waals surface area (Å²) in [4.78, 5) is 16.2. The molecule has 2 aromatic rings. The Bertz CT molecular complexity index is 651. The highest BCUT2D eigenvalue weighted by molar-refractivity contribution is 6.30. The van der Waals surface area contributed by atoms with Gasteiger partial charge in [-0.25, -0.2) is 9.78 Å². The lowest BCUT2D eigenvalue weighted by Gasteiger charge is -2.05. The van der Waals surface area contributed by atoms with E-state index < -0.39 is 5.97 Å². The van der Waals surface area contributed by atoms with Crippen LogP contribution < -0.4 is 4.74 Å². The maximum absolute atomic E-state index is 11.9. The fraction of sp³-hybridized carbons (Fsp3) is 0.333. The van der Waals surface area contributed by atoms with Crippen LogP contribution in [0.1, 0.15) is 30.1 Å². The average molecular weight is 310 g/mol. The van der Waals surface area contributed by atoms with Gasteiger partial charge in [0.15, 0.2) is 0 Å². The standard InChI is InChI=1S/C15H16ClNO4/c1-4-11-13(15(18)20-5-2)21-14(17-11)10-7-6-9(16)8-12(10)19-3/h6-8H,4-5H2,1-3H3. The van der Waals surface area contributed by atoms with Gasteiger partial charge in [-0.1, -0.05) is 18.5 Å². The number of hydrogen-bond donors (Lipinski definition) is 0. The number of aryl methyl sites for hydroxylation is 1. The van der Waals surface area contributed by atoms with Crippen molar-refractivity contribution in [1.29, 1.82) is 0 Å². The van der Waals surface area contributed by atoms with Gasteiger partial charge in [0.05, 0.1) is 25.0 Å². The molecule has 0 spiro atoms. The molecule has 0 bridgehead atoms. The van der Waals surface area contributed by atoms with Crippen LogP contribution in [0.15, 0.2) is 22.6 Å². The fourth-order valence-electron chi connectivity index (χ4n) is 1.90. The number of carbonyl (C=O) groups excluding carboxylic acids is 1. The van der Waals surface area contributed by atoms with Gasteiger partial charge < -0.3 is 13.9 Å². The van der Waals surface area contributed by atoms with E-state index in [4.69, 9.17) is 25.5 Å². The Balaban J connectivity index is 2.48. The maximum atomic E-state index is 11.9. The van der Waals surface area contributed by atoms with Crippen molar-refractivity contribution in [2.45, 2.75) is 20.3 Å². The molecule has 6 heteroatoms. The molecule has 1 heterocycles. The lowest BCUT2D eigenvalue weighted by atomic mass is 10.2. The van der Waals surface area contributed by atoms with Crippen LogP contribution in [0.3, 0.4) is 0 Å². The molecule has 5 nitrogen and oxygen atoms in total. The highest BCUT2D eigenvalue weighted by Crippen LogP contribution is 2.33. The summed E-state index contributed by atoms with van der Waals surface area (Å²) >= 11 is 5.93. The molecule has 0 saturated carbocycles. The minimum Gasteiger partial charge on any atom is -0.496 e. The third-order valence-electron chi connectivity index (χ3n) is 2.89. The van der Waals surface area contributed by atoms with E-state index in [1.54, 1.807) is 25.1 Å². The lowest BCUT2D eigenvalue weighted by Crippen LogP contribution is -2.05. The van der Waals surface area contributed by atoms with Gasteiger partial charge in [-0.2, -0.15) is 0 Å². The molecule has 0 N–H and O–H groups in total. The van der Waals surface area contributed by atoms with E-state index in [0.717, 1.165) is 0 Å². The summed E-state index contributed by atoms with van der Waals surface area (Å²) in [5, 5.41) is 0.545. The predicted molar refractivity (Wildman–Crippen MR) is 78.8 cm³/mol. The molecule has 1 aromatic carbocycles. The first-order chi connectivity index (χ1) is 10.1. The monoisotopic (exact) mass is 309 g/mol. The van der Waals surface area contributed by atoms with Gasteiger partial charge in [0.1, 0.15) is 5.75 Å². The third-order valence-corrected chi connectivity index (χ3v) is 3.12. The first-order valence-electron chi connectivity index (χ1n) is 6.61. The normalized spacial score (nSPS) is 10.5. The van der Waals surface area contributed by atoms with E-state index in [1.807, 2.05) is 6.92 Å². The highest BCUT2D eigenvalue weighted by atomic mass is 35.5. The second-order valence-corrected chi connectivity index (χ2v) is 4.65. The maximum Gasteiger partial charge on any atom is 0.376 e. The topological polar surface area (TPSA) is 61.6 Å². The molecular formula is C15H16ClNO4. The Labute approximate surface area is 127 Å². The van der Waals surface area contributed by atoms with Crippen molar-refractivity contribution in [2.24, 2.45) is 0 Å². The minimum absolute atomic E-state index is 0.131. The zero-order valence-electron chi connectivity index (χ0n) is 12.1. The SMILES string of the molecule is CCOC(=O)c1oc(-c2ccc(Cl)cc2OC)nc1CC. The van der Waals surface area contributed by atoms with Gasteiger partial charge in [0.2, 0.25) is 11.7 Å². The van der Waals surface area contributed by atoms with E-state index in [0.29, 0.717) is 34.3 Å². The summed E-state index contributed by atoms with van der Waals surface area (Å²) in [6.45, 7) is 3.91. The molecular weight excluding hydrogens is 294 g/mol. The number of benzene rings is 1. The Kier molecular flexibility index (Phi) is 4.85. The number of nitrogens with zero attached hydrogens (tertiary/aromatic N) is 1. The summed E-state index contributed by atoms with van der Waals surface area (Å²) in [5.74, 6) is 0.456. The summed E-state index contributed by atoms with van der Waals surface area (Å²) in [6.07, 6.45) is 0.563. The van der Waals surface area contributed by atoms with Gasteiger partial charge in [-0.3, -0.25) is 0 Å². The predicted octanol–water partition coefficient (Wildman–Crippen LogP) is 3.74. The molecule has 0 radical (unpaired) electrons. The molecule has 0 aliphatic carbocycles. The molecule has 112 valence electrons. The van der Waals surface area contributed by atoms with E-state index in [9.17, 15) is 4.79 Å². The number of hydrogen-bond acceptors (Lipinski definition) is 5. The summed E-state index contributed by atoms with van der Waals surface area (Å²) in [6, 6.07) is 5.11. The Morgan fingerprint density at radius 2 is 2.14 bits per heavy atom. The van der Waals surface area contributed by atoms with Crippen LogP contribution in [0.25, 0.3) is 11.5 Å². The van der Waals surface area contributed by atoms with Gasteiger partial charge in [0, 0.05) is 5.02 Å². The molecule has 21 heavy (non-hydrogen) atoms. The smallest absolute Gasteiger partial charge is 0.376 e. The van der Waals surface area contributed by atoms with Crippen molar-refractivity contribution < 1.29 is 18.7 Å². The van der Waals surface area contributed by atoms with Crippen molar-refractivity contribution in [1.82, 2.24) is 4.98 Å². The molecule has 0 unspecified atom stereocenters. The van der Waals surface area contributed by atoms with Gasteiger partial charge in [-0.15, -0.1) is 0 Å². The molecule has 0 aliphatic rings. The van der Waals surface area contributed by atoms with Crippen LogP contribution in [-0.4, -0.2) is 24.7 Å².